The quantitative estimate of drug-likeness (QED) is 0.720. The Balaban J connectivity index is 1.81. The Kier molecular flexibility index (Phi) is 2.99. The van der Waals surface area contributed by atoms with Gasteiger partial charge in [0.2, 0.25) is 5.82 Å². The molecule has 0 atom stereocenters. The van der Waals surface area contributed by atoms with Gasteiger partial charge in [0, 0.05) is 12.4 Å². The van der Waals surface area contributed by atoms with Crippen molar-refractivity contribution in [3.8, 4) is 11.4 Å². The van der Waals surface area contributed by atoms with E-state index in [1.807, 2.05) is 19.1 Å². The van der Waals surface area contributed by atoms with Crippen LogP contribution in [-0.2, 0) is 0 Å². The van der Waals surface area contributed by atoms with E-state index in [2.05, 4.69) is 20.4 Å². The number of nitrogens with zero attached hydrogens (tertiary/aromatic N) is 6. The monoisotopic (exact) mass is 296 g/mol. The predicted molar refractivity (Wildman–Crippen MR) is 80.5 cm³/mol. The predicted octanol–water partition coefficient (Wildman–Crippen LogP) is 1.77. The second kappa shape index (κ2) is 5.01. The maximum Gasteiger partial charge on any atom is 0.269 e. The summed E-state index contributed by atoms with van der Waals surface area (Å²) in [6, 6.07) is 4.06. The second-order valence-corrected chi connectivity index (χ2v) is 5.73. The van der Waals surface area contributed by atoms with Crippen molar-refractivity contribution in [2.75, 3.05) is 0 Å². The SMILES string of the molecule is Cc1cccn2c(=O)c(-c3nnn(C4CCCC4)n3)cnc12. The molecule has 1 aliphatic rings. The molecule has 0 radical (unpaired) electrons. The Labute approximate surface area is 126 Å². The Morgan fingerprint density at radius 1 is 1.27 bits per heavy atom. The van der Waals surface area contributed by atoms with Gasteiger partial charge in [0.1, 0.15) is 11.2 Å². The van der Waals surface area contributed by atoms with E-state index in [0.29, 0.717) is 23.1 Å². The van der Waals surface area contributed by atoms with Crippen molar-refractivity contribution in [3.63, 3.8) is 0 Å². The normalized spacial score (nSPS) is 15.7. The molecule has 0 aliphatic heterocycles. The lowest BCUT2D eigenvalue weighted by Crippen LogP contribution is -2.18. The fourth-order valence-electron chi connectivity index (χ4n) is 3.02. The summed E-state index contributed by atoms with van der Waals surface area (Å²) in [7, 11) is 0. The third-order valence-electron chi connectivity index (χ3n) is 4.25. The summed E-state index contributed by atoms with van der Waals surface area (Å²) >= 11 is 0. The van der Waals surface area contributed by atoms with Crippen LogP contribution >= 0.6 is 0 Å². The van der Waals surface area contributed by atoms with Gasteiger partial charge in [-0.2, -0.15) is 4.80 Å². The van der Waals surface area contributed by atoms with E-state index in [1.165, 1.54) is 17.2 Å². The lowest BCUT2D eigenvalue weighted by Gasteiger charge is -2.05. The number of aromatic nitrogens is 6. The molecule has 7 heteroatoms. The van der Waals surface area contributed by atoms with Gasteiger partial charge in [-0.05, 0) is 36.6 Å². The highest BCUT2D eigenvalue weighted by atomic mass is 16.1. The Morgan fingerprint density at radius 3 is 2.91 bits per heavy atom. The van der Waals surface area contributed by atoms with Crippen LogP contribution in [0.1, 0.15) is 37.3 Å². The lowest BCUT2D eigenvalue weighted by atomic mass is 10.2. The van der Waals surface area contributed by atoms with Gasteiger partial charge in [-0.3, -0.25) is 9.20 Å². The van der Waals surface area contributed by atoms with Crippen molar-refractivity contribution in [1.82, 2.24) is 29.6 Å². The average Bonchev–Trinajstić information content (AvgIpc) is 3.19. The largest absolute Gasteiger partial charge is 0.269 e. The van der Waals surface area contributed by atoms with Gasteiger partial charge in [0.05, 0.1) is 6.04 Å². The maximum atomic E-state index is 12.6. The Morgan fingerprint density at radius 2 is 2.09 bits per heavy atom. The van der Waals surface area contributed by atoms with Crippen molar-refractivity contribution in [2.45, 2.75) is 38.6 Å². The van der Waals surface area contributed by atoms with Crippen LogP contribution in [0.5, 0.6) is 0 Å². The maximum absolute atomic E-state index is 12.6. The first-order chi connectivity index (χ1) is 10.7. The second-order valence-electron chi connectivity index (χ2n) is 5.73. The summed E-state index contributed by atoms with van der Waals surface area (Å²) in [6.45, 7) is 1.93. The fourth-order valence-corrected chi connectivity index (χ4v) is 3.02. The van der Waals surface area contributed by atoms with Gasteiger partial charge in [-0.25, -0.2) is 4.98 Å². The molecule has 4 rings (SSSR count). The van der Waals surface area contributed by atoms with Crippen LogP contribution in [0.15, 0.2) is 29.3 Å². The van der Waals surface area contributed by atoms with Crippen LogP contribution in [0.3, 0.4) is 0 Å². The highest BCUT2D eigenvalue weighted by molar-refractivity contribution is 5.56. The zero-order valence-electron chi connectivity index (χ0n) is 12.3. The zero-order chi connectivity index (χ0) is 15.1. The standard InChI is InChI=1S/C15H16N6O/c1-10-5-4-8-20-14(10)16-9-12(15(20)22)13-17-19-21(18-13)11-6-2-3-7-11/h4-5,8-9,11H,2-3,6-7H2,1H3. The topological polar surface area (TPSA) is 78.0 Å². The summed E-state index contributed by atoms with van der Waals surface area (Å²) in [5.41, 5.74) is 1.82. The summed E-state index contributed by atoms with van der Waals surface area (Å²) in [5, 5.41) is 12.6. The van der Waals surface area contributed by atoms with Gasteiger partial charge in [0.25, 0.3) is 5.56 Å². The molecule has 0 saturated heterocycles. The molecule has 0 spiro atoms. The van der Waals surface area contributed by atoms with E-state index in [9.17, 15) is 4.79 Å². The number of pyridine rings is 1. The lowest BCUT2D eigenvalue weighted by molar-refractivity contribution is 0.405. The molecule has 3 aromatic heterocycles. The Hall–Kier alpha value is -2.57. The molecule has 7 nitrogen and oxygen atoms in total. The van der Waals surface area contributed by atoms with Gasteiger partial charge < -0.3 is 0 Å². The third kappa shape index (κ3) is 2.01. The van der Waals surface area contributed by atoms with Crippen molar-refractivity contribution in [3.05, 3.63) is 40.4 Å². The summed E-state index contributed by atoms with van der Waals surface area (Å²) in [6.07, 6.45) is 7.79. The van der Waals surface area contributed by atoms with E-state index >= 15 is 0 Å². The van der Waals surface area contributed by atoms with E-state index < -0.39 is 0 Å². The molecule has 0 unspecified atom stereocenters. The van der Waals surface area contributed by atoms with Crippen LogP contribution in [0.4, 0.5) is 0 Å². The number of aryl methyl sites for hydroxylation is 1. The molecule has 1 saturated carbocycles. The molecule has 0 bridgehead atoms. The van der Waals surface area contributed by atoms with Crippen LogP contribution < -0.4 is 5.56 Å². The highest BCUT2D eigenvalue weighted by Gasteiger charge is 2.21. The molecule has 112 valence electrons. The fraction of sp³-hybridized carbons (Fsp3) is 0.400. The molecule has 1 fully saturated rings. The molecule has 3 heterocycles. The molecule has 3 aromatic rings. The molecule has 22 heavy (non-hydrogen) atoms. The smallest absolute Gasteiger partial charge is 0.268 e. The molecule has 1 aliphatic carbocycles. The molecule has 0 N–H and O–H groups in total. The van der Waals surface area contributed by atoms with E-state index in [4.69, 9.17) is 0 Å². The number of rotatable bonds is 2. The summed E-state index contributed by atoms with van der Waals surface area (Å²) < 4.78 is 1.53. The number of hydrogen-bond acceptors (Lipinski definition) is 5. The van der Waals surface area contributed by atoms with Crippen molar-refractivity contribution < 1.29 is 0 Å². The number of hydrogen-bond donors (Lipinski definition) is 0. The van der Waals surface area contributed by atoms with Gasteiger partial charge >= 0.3 is 0 Å². The van der Waals surface area contributed by atoms with Crippen molar-refractivity contribution >= 4 is 5.65 Å². The van der Waals surface area contributed by atoms with Gasteiger partial charge in [-0.15, -0.1) is 10.2 Å². The highest BCUT2D eigenvalue weighted by Crippen LogP contribution is 2.28. The van der Waals surface area contributed by atoms with Gasteiger partial charge in [0.15, 0.2) is 0 Å². The first-order valence-corrected chi connectivity index (χ1v) is 7.51. The van der Waals surface area contributed by atoms with E-state index in [1.54, 1.807) is 17.2 Å². The average molecular weight is 296 g/mol. The van der Waals surface area contributed by atoms with Crippen LogP contribution in [0, 0.1) is 6.92 Å². The third-order valence-corrected chi connectivity index (χ3v) is 4.25. The first-order valence-electron chi connectivity index (χ1n) is 7.51. The molecule has 0 amide bonds. The minimum absolute atomic E-state index is 0.167. The van der Waals surface area contributed by atoms with E-state index in [0.717, 1.165) is 18.4 Å². The summed E-state index contributed by atoms with van der Waals surface area (Å²) in [4.78, 5) is 18.6. The van der Waals surface area contributed by atoms with E-state index in [-0.39, 0.29) is 5.56 Å². The summed E-state index contributed by atoms with van der Waals surface area (Å²) in [5.74, 6) is 0.348. The molecule has 0 aromatic carbocycles. The molecular formula is C15H16N6O. The number of tetrazole rings is 1. The van der Waals surface area contributed by atoms with Crippen LogP contribution in [0.25, 0.3) is 17.0 Å². The van der Waals surface area contributed by atoms with Gasteiger partial charge in [-0.1, -0.05) is 18.9 Å². The van der Waals surface area contributed by atoms with Crippen molar-refractivity contribution in [2.24, 2.45) is 0 Å². The van der Waals surface area contributed by atoms with Crippen LogP contribution in [0.2, 0.25) is 0 Å². The van der Waals surface area contributed by atoms with Crippen LogP contribution in [-0.4, -0.2) is 29.6 Å². The number of fused-ring (bicyclic) bond motifs is 1. The Bertz CT molecular complexity index is 890. The zero-order valence-corrected chi connectivity index (χ0v) is 12.3. The first kappa shape index (κ1) is 13.1. The minimum atomic E-state index is -0.167. The molecular weight excluding hydrogens is 280 g/mol. The minimum Gasteiger partial charge on any atom is -0.268 e. The van der Waals surface area contributed by atoms with Crippen molar-refractivity contribution in [1.29, 1.82) is 0 Å².